The summed E-state index contributed by atoms with van der Waals surface area (Å²) in [6, 6.07) is -3.19. The molecule has 0 aromatic carbocycles. The standard InChI is InChI=1S/C16H29N5O6/c17-6-2-1-4-10(19-13(23)8-18)14(24)20-11(9-22)15(25)21-7-3-5-12(21)16(26)27/h10-12,22H,1-9,17-18H2,(H,19,23)(H,20,24)(H,26,27). The first-order chi connectivity index (χ1) is 12.8. The molecule has 3 unspecified atom stereocenters. The van der Waals surface area contributed by atoms with E-state index >= 15 is 0 Å². The molecule has 0 aromatic heterocycles. The predicted molar refractivity (Wildman–Crippen MR) is 95.3 cm³/mol. The second-order valence-electron chi connectivity index (χ2n) is 6.38. The molecule has 8 N–H and O–H groups in total. The highest BCUT2D eigenvalue weighted by atomic mass is 16.4. The van der Waals surface area contributed by atoms with E-state index in [-0.39, 0.29) is 13.1 Å². The molecule has 0 spiro atoms. The smallest absolute Gasteiger partial charge is 0.326 e. The Kier molecular flexibility index (Phi) is 9.68. The van der Waals surface area contributed by atoms with Gasteiger partial charge in [0.2, 0.25) is 17.7 Å². The topological polar surface area (TPSA) is 188 Å². The molecule has 11 heteroatoms. The summed E-state index contributed by atoms with van der Waals surface area (Å²) in [4.78, 5) is 49.0. The number of carbonyl (C=O) groups is 4. The lowest BCUT2D eigenvalue weighted by Crippen LogP contribution is -2.57. The molecule has 3 atom stereocenters. The second-order valence-corrected chi connectivity index (χ2v) is 6.38. The number of hydrogen-bond donors (Lipinski definition) is 6. The summed E-state index contributed by atoms with van der Waals surface area (Å²) >= 11 is 0. The Hall–Kier alpha value is -2.24. The van der Waals surface area contributed by atoms with E-state index in [2.05, 4.69) is 10.6 Å². The van der Waals surface area contributed by atoms with Crippen LogP contribution in [0.2, 0.25) is 0 Å². The first-order valence-corrected chi connectivity index (χ1v) is 8.99. The molecular formula is C16H29N5O6. The number of carbonyl (C=O) groups excluding carboxylic acids is 3. The zero-order valence-corrected chi connectivity index (χ0v) is 15.2. The van der Waals surface area contributed by atoms with Crippen LogP contribution in [0.5, 0.6) is 0 Å². The van der Waals surface area contributed by atoms with Gasteiger partial charge in [-0.1, -0.05) is 0 Å². The van der Waals surface area contributed by atoms with Gasteiger partial charge in [-0.05, 0) is 38.6 Å². The van der Waals surface area contributed by atoms with Crippen molar-refractivity contribution >= 4 is 23.7 Å². The minimum Gasteiger partial charge on any atom is -0.480 e. The van der Waals surface area contributed by atoms with Crippen molar-refractivity contribution in [3.8, 4) is 0 Å². The van der Waals surface area contributed by atoms with E-state index in [1.165, 1.54) is 0 Å². The fraction of sp³-hybridized carbons (Fsp3) is 0.750. The summed E-state index contributed by atoms with van der Waals surface area (Å²) in [6.07, 6.45) is 2.37. The quantitative estimate of drug-likeness (QED) is 0.204. The van der Waals surface area contributed by atoms with Gasteiger partial charge in [0, 0.05) is 6.54 Å². The van der Waals surface area contributed by atoms with Gasteiger partial charge in [0.25, 0.3) is 0 Å². The molecule has 27 heavy (non-hydrogen) atoms. The third-order valence-electron chi connectivity index (χ3n) is 4.40. The van der Waals surface area contributed by atoms with Crippen LogP contribution in [0.1, 0.15) is 32.1 Å². The van der Waals surface area contributed by atoms with E-state index in [9.17, 15) is 29.4 Å². The molecule has 0 aliphatic carbocycles. The van der Waals surface area contributed by atoms with Gasteiger partial charge in [0.1, 0.15) is 18.1 Å². The Morgan fingerprint density at radius 3 is 2.37 bits per heavy atom. The van der Waals surface area contributed by atoms with Crippen LogP contribution in [0.4, 0.5) is 0 Å². The normalized spacial score (nSPS) is 18.6. The maximum absolute atomic E-state index is 12.6. The van der Waals surface area contributed by atoms with Crippen LogP contribution in [0.3, 0.4) is 0 Å². The molecule has 0 bridgehead atoms. The first-order valence-electron chi connectivity index (χ1n) is 8.99. The highest BCUT2D eigenvalue weighted by Gasteiger charge is 2.38. The van der Waals surface area contributed by atoms with Crippen LogP contribution in [-0.2, 0) is 19.2 Å². The van der Waals surface area contributed by atoms with Crippen molar-refractivity contribution in [3.05, 3.63) is 0 Å². The van der Waals surface area contributed by atoms with Crippen LogP contribution >= 0.6 is 0 Å². The number of nitrogens with zero attached hydrogens (tertiary/aromatic N) is 1. The average Bonchev–Trinajstić information content (AvgIpc) is 3.14. The molecule has 1 aliphatic rings. The number of carboxylic acid groups (broad SMARTS) is 1. The highest BCUT2D eigenvalue weighted by molar-refractivity contribution is 5.93. The van der Waals surface area contributed by atoms with Gasteiger partial charge >= 0.3 is 5.97 Å². The number of likely N-dealkylation sites (tertiary alicyclic amines) is 1. The molecule has 3 amide bonds. The Labute approximate surface area is 157 Å². The number of nitrogens with one attached hydrogen (secondary N) is 2. The summed E-state index contributed by atoms with van der Waals surface area (Å²) in [7, 11) is 0. The van der Waals surface area contributed by atoms with Gasteiger partial charge in [-0.2, -0.15) is 0 Å². The van der Waals surface area contributed by atoms with Gasteiger partial charge in [0.05, 0.1) is 13.2 Å². The van der Waals surface area contributed by atoms with E-state index in [0.717, 1.165) is 4.90 Å². The zero-order chi connectivity index (χ0) is 20.4. The molecule has 154 valence electrons. The van der Waals surface area contributed by atoms with Crippen LogP contribution in [0.25, 0.3) is 0 Å². The fourth-order valence-electron chi connectivity index (χ4n) is 2.96. The maximum Gasteiger partial charge on any atom is 0.326 e. The van der Waals surface area contributed by atoms with Gasteiger partial charge < -0.3 is 37.2 Å². The monoisotopic (exact) mass is 387 g/mol. The Bertz CT molecular complexity index is 543. The van der Waals surface area contributed by atoms with Crippen LogP contribution < -0.4 is 22.1 Å². The van der Waals surface area contributed by atoms with E-state index < -0.39 is 48.4 Å². The summed E-state index contributed by atoms with van der Waals surface area (Å²) in [5.41, 5.74) is 10.7. The lowest BCUT2D eigenvalue weighted by atomic mass is 10.1. The maximum atomic E-state index is 12.6. The van der Waals surface area contributed by atoms with E-state index in [0.29, 0.717) is 38.6 Å². The average molecular weight is 387 g/mol. The first kappa shape index (κ1) is 22.8. The van der Waals surface area contributed by atoms with Crippen LogP contribution in [0, 0.1) is 0 Å². The SMILES string of the molecule is NCCCCC(NC(=O)CN)C(=O)NC(CO)C(=O)N1CCCC1C(=O)O. The van der Waals surface area contributed by atoms with Crippen molar-refractivity contribution in [2.45, 2.75) is 50.2 Å². The van der Waals surface area contributed by atoms with Crippen molar-refractivity contribution in [3.63, 3.8) is 0 Å². The highest BCUT2D eigenvalue weighted by Crippen LogP contribution is 2.18. The number of aliphatic hydroxyl groups excluding tert-OH is 1. The number of unbranched alkanes of at least 4 members (excludes halogenated alkanes) is 1. The van der Waals surface area contributed by atoms with Crippen molar-refractivity contribution in [2.75, 3.05) is 26.2 Å². The van der Waals surface area contributed by atoms with Crippen LogP contribution in [0.15, 0.2) is 0 Å². The lowest BCUT2D eigenvalue weighted by Gasteiger charge is -2.27. The minimum absolute atomic E-state index is 0.242. The predicted octanol–water partition coefficient (Wildman–Crippen LogP) is -2.89. The van der Waals surface area contributed by atoms with E-state index in [1.807, 2.05) is 0 Å². The Balaban J connectivity index is 2.78. The molecular weight excluding hydrogens is 358 g/mol. The minimum atomic E-state index is -1.29. The number of aliphatic carboxylic acids is 1. The van der Waals surface area contributed by atoms with Gasteiger partial charge in [-0.25, -0.2) is 4.79 Å². The molecule has 1 aliphatic heterocycles. The molecule has 0 saturated carbocycles. The van der Waals surface area contributed by atoms with Crippen molar-refractivity contribution in [2.24, 2.45) is 11.5 Å². The van der Waals surface area contributed by atoms with Crippen LogP contribution in [-0.4, -0.2) is 83.2 Å². The number of hydrogen-bond acceptors (Lipinski definition) is 7. The second kappa shape index (κ2) is 11.5. The van der Waals surface area contributed by atoms with Crippen molar-refractivity contribution in [1.29, 1.82) is 0 Å². The van der Waals surface area contributed by atoms with Gasteiger partial charge in [0.15, 0.2) is 0 Å². The van der Waals surface area contributed by atoms with E-state index in [4.69, 9.17) is 11.5 Å². The number of amides is 3. The molecule has 1 rings (SSSR count). The molecule has 0 radical (unpaired) electrons. The van der Waals surface area contributed by atoms with E-state index in [1.54, 1.807) is 0 Å². The molecule has 1 saturated heterocycles. The Morgan fingerprint density at radius 2 is 1.81 bits per heavy atom. The molecule has 0 aromatic rings. The van der Waals surface area contributed by atoms with Crippen molar-refractivity contribution < 1.29 is 29.4 Å². The van der Waals surface area contributed by atoms with Gasteiger partial charge in [-0.3, -0.25) is 14.4 Å². The lowest BCUT2D eigenvalue weighted by molar-refractivity contribution is -0.150. The summed E-state index contributed by atoms with van der Waals surface area (Å²) < 4.78 is 0. The fourth-order valence-corrected chi connectivity index (χ4v) is 2.96. The largest absolute Gasteiger partial charge is 0.480 e. The summed E-state index contributed by atoms with van der Waals surface area (Å²) in [6.45, 7) is -0.306. The Morgan fingerprint density at radius 1 is 1.11 bits per heavy atom. The number of rotatable bonds is 11. The molecule has 11 nitrogen and oxygen atoms in total. The third kappa shape index (κ3) is 6.77. The third-order valence-corrected chi connectivity index (χ3v) is 4.40. The zero-order valence-electron chi connectivity index (χ0n) is 15.2. The van der Waals surface area contributed by atoms with Gasteiger partial charge in [-0.15, -0.1) is 0 Å². The molecule has 1 heterocycles. The number of aliphatic hydroxyl groups is 1. The number of nitrogens with two attached hydrogens (primary N) is 2. The summed E-state index contributed by atoms with van der Waals surface area (Å²) in [5, 5.41) is 23.6. The summed E-state index contributed by atoms with van der Waals surface area (Å²) in [5.74, 6) is -2.96. The molecule has 1 fully saturated rings. The number of carboxylic acids is 1. The van der Waals surface area contributed by atoms with Crippen molar-refractivity contribution in [1.82, 2.24) is 15.5 Å².